The average Bonchev–Trinajstić information content (AvgIpc) is 2.45. The highest BCUT2D eigenvalue weighted by atomic mass is 35.5. The van der Waals surface area contributed by atoms with Crippen molar-refractivity contribution in [3.8, 4) is 22.6 Å². The first kappa shape index (κ1) is 19.3. The van der Waals surface area contributed by atoms with Gasteiger partial charge in [-0.25, -0.2) is 4.98 Å². The summed E-state index contributed by atoms with van der Waals surface area (Å²) in [7, 11) is 1.63. The van der Waals surface area contributed by atoms with Gasteiger partial charge in [-0.2, -0.15) is 0 Å². The zero-order valence-corrected chi connectivity index (χ0v) is 13.2. The van der Waals surface area contributed by atoms with Crippen LogP contribution in [0, 0.1) is 0 Å². The molecule has 0 aliphatic carbocycles. The molecule has 5 nitrogen and oxygen atoms in total. The molecular formula is C14H19Cl2N3O2. The third kappa shape index (κ3) is 4.67. The summed E-state index contributed by atoms with van der Waals surface area (Å²) in [5, 5.41) is 0. The maximum Gasteiger partial charge on any atom is 0.132 e. The number of nitrogens with zero attached hydrogens (tertiary/aromatic N) is 1. The SMILES string of the molecule is COc1ccccc1-c1cnc(N)cc1OCCN.Cl.Cl. The van der Waals surface area contributed by atoms with E-state index >= 15 is 0 Å². The van der Waals surface area contributed by atoms with Gasteiger partial charge in [-0.1, -0.05) is 18.2 Å². The Hall–Kier alpha value is -1.69. The molecule has 0 amide bonds. The molecule has 0 fully saturated rings. The second-order valence-electron chi connectivity index (χ2n) is 3.94. The number of pyridine rings is 1. The van der Waals surface area contributed by atoms with E-state index in [-0.39, 0.29) is 24.8 Å². The van der Waals surface area contributed by atoms with E-state index in [1.54, 1.807) is 19.4 Å². The molecule has 1 heterocycles. The van der Waals surface area contributed by atoms with Gasteiger partial charge in [0, 0.05) is 29.9 Å². The fourth-order valence-electron chi connectivity index (χ4n) is 1.81. The highest BCUT2D eigenvalue weighted by Crippen LogP contribution is 2.36. The van der Waals surface area contributed by atoms with Gasteiger partial charge in [-0.15, -0.1) is 24.8 Å². The van der Waals surface area contributed by atoms with Gasteiger partial charge in [0.1, 0.15) is 23.9 Å². The number of ether oxygens (including phenoxy) is 2. The van der Waals surface area contributed by atoms with Crippen molar-refractivity contribution in [3.05, 3.63) is 36.5 Å². The zero-order valence-electron chi connectivity index (χ0n) is 11.6. The average molecular weight is 332 g/mol. The van der Waals surface area contributed by atoms with Crippen LogP contribution in [-0.2, 0) is 0 Å². The van der Waals surface area contributed by atoms with Crippen LogP contribution in [0.25, 0.3) is 11.1 Å². The number of nitrogens with two attached hydrogens (primary N) is 2. The van der Waals surface area contributed by atoms with Crippen LogP contribution in [0.3, 0.4) is 0 Å². The fraction of sp³-hybridized carbons (Fsp3) is 0.214. The highest BCUT2D eigenvalue weighted by Gasteiger charge is 2.12. The maximum absolute atomic E-state index is 5.69. The summed E-state index contributed by atoms with van der Waals surface area (Å²) < 4.78 is 11.0. The predicted octanol–water partition coefficient (Wildman–Crippen LogP) is 2.52. The van der Waals surface area contributed by atoms with Crippen molar-refractivity contribution in [2.45, 2.75) is 0 Å². The second kappa shape index (κ2) is 9.28. The first-order valence-corrected chi connectivity index (χ1v) is 5.98. The first-order valence-electron chi connectivity index (χ1n) is 5.98. The standard InChI is InChI=1S/C14H17N3O2.2ClH/c1-18-12-5-3-2-4-10(12)11-9-17-14(16)8-13(11)19-7-6-15;;/h2-5,8-9H,6-7,15H2,1H3,(H2,16,17);2*1H. The minimum Gasteiger partial charge on any atom is -0.496 e. The van der Waals surface area contributed by atoms with Gasteiger partial charge < -0.3 is 20.9 Å². The fourth-order valence-corrected chi connectivity index (χ4v) is 1.81. The number of methoxy groups -OCH3 is 1. The lowest BCUT2D eigenvalue weighted by Gasteiger charge is -2.13. The number of rotatable bonds is 5. The largest absolute Gasteiger partial charge is 0.496 e. The van der Waals surface area contributed by atoms with Crippen molar-refractivity contribution in [3.63, 3.8) is 0 Å². The van der Waals surface area contributed by atoms with Crippen LogP contribution in [0.5, 0.6) is 11.5 Å². The molecule has 0 unspecified atom stereocenters. The quantitative estimate of drug-likeness (QED) is 0.879. The lowest BCUT2D eigenvalue weighted by molar-refractivity contribution is 0.329. The molecule has 0 spiro atoms. The summed E-state index contributed by atoms with van der Waals surface area (Å²) in [6.45, 7) is 0.860. The van der Waals surface area contributed by atoms with Crippen molar-refractivity contribution in [2.24, 2.45) is 5.73 Å². The Kier molecular flexibility index (Phi) is 8.54. The number of aromatic nitrogens is 1. The molecule has 7 heteroatoms. The van der Waals surface area contributed by atoms with Crippen molar-refractivity contribution < 1.29 is 9.47 Å². The van der Waals surface area contributed by atoms with Crippen molar-refractivity contribution in [1.82, 2.24) is 4.98 Å². The highest BCUT2D eigenvalue weighted by molar-refractivity contribution is 5.85. The van der Waals surface area contributed by atoms with Crippen LogP contribution in [0.15, 0.2) is 36.5 Å². The summed E-state index contributed by atoms with van der Waals surface area (Å²) in [6.07, 6.45) is 1.68. The van der Waals surface area contributed by atoms with E-state index in [9.17, 15) is 0 Å². The van der Waals surface area contributed by atoms with Crippen molar-refractivity contribution in [2.75, 3.05) is 26.0 Å². The number of anilines is 1. The minimum atomic E-state index is 0. The van der Waals surface area contributed by atoms with E-state index in [1.807, 2.05) is 24.3 Å². The molecule has 1 aromatic carbocycles. The van der Waals surface area contributed by atoms with Gasteiger partial charge in [-0.05, 0) is 6.07 Å². The van der Waals surface area contributed by atoms with Crippen LogP contribution in [0.4, 0.5) is 5.82 Å². The Morgan fingerprint density at radius 1 is 1.10 bits per heavy atom. The number of hydrogen-bond donors (Lipinski definition) is 2. The Bertz CT molecular complexity index is 568. The van der Waals surface area contributed by atoms with Crippen LogP contribution in [-0.4, -0.2) is 25.2 Å². The van der Waals surface area contributed by atoms with E-state index < -0.39 is 0 Å². The second-order valence-corrected chi connectivity index (χ2v) is 3.94. The molecule has 2 aromatic rings. The lowest BCUT2D eigenvalue weighted by atomic mass is 10.1. The van der Waals surface area contributed by atoms with Crippen LogP contribution >= 0.6 is 24.8 Å². The molecule has 0 saturated carbocycles. The molecule has 116 valence electrons. The van der Waals surface area contributed by atoms with Gasteiger partial charge in [-0.3, -0.25) is 0 Å². The van der Waals surface area contributed by atoms with Crippen molar-refractivity contribution >= 4 is 30.6 Å². The monoisotopic (exact) mass is 331 g/mol. The van der Waals surface area contributed by atoms with E-state index in [4.69, 9.17) is 20.9 Å². The molecule has 1 aromatic heterocycles. The molecule has 0 saturated heterocycles. The summed E-state index contributed by atoms with van der Waals surface area (Å²) in [5.41, 5.74) is 12.9. The van der Waals surface area contributed by atoms with Crippen LogP contribution < -0.4 is 20.9 Å². The van der Waals surface area contributed by atoms with Crippen LogP contribution in [0.1, 0.15) is 0 Å². The van der Waals surface area contributed by atoms with Gasteiger partial charge in [0.2, 0.25) is 0 Å². The number of hydrogen-bond acceptors (Lipinski definition) is 5. The number of halogens is 2. The lowest BCUT2D eigenvalue weighted by Crippen LogP contribution is -2.11. The van der Waals surface area contributed by atoms with Crippen molar-refractivity contribution in [1.29, 1.82) is 0 Å². The van der Waals surface area contributed by atoms with Gasteiger partial charge in [0.15, 0.2) is 0 Å². The normalized spacial score (nSPS) is 9.24. The minimum absolute atomic E-state index is 0. The molecule has 4 N–H and O–H groups in total. The number of benzene rings is 1. The number of para-hydroxylation sites is 1. The molecule has 0 aliphatic heterocycles. The molecular weight excluding hydrogens is 313 g/mol. The third-order valence-corrected chi connectivity index (χ3v) is 2.66. The smallest absolute Gasteiger partial charge is 0.132 e. The summed E-state index contributed by atoms with van der Waals surface area (Å²) in [5.74, 6) is 1.82. The number of nitrogen functional groups attached to an aromatic ring is 1. The van der Waals surface area contributed by atoms with E-state index in [0.717, 1.165) is 16.9 Å². The summed E-state index contributed by atoms with van der Waals surface area (Å²) >= 11 is 0. The summed E-state index contributed by atoms with van der Waals surface area (Å²) in [4.78, 5) is 4.11. The Labute approximate surface area is 136 Å². The zero-order chi connectivity index (χ0) is 13.7. The van der Waals surface area contributed by atoms with Crippen LogP contribution in [0.2, 0.25) is 0 Å². The van der Waals surface area contributed by atoms with Gasteiger partial charge in [0.05, 0.1) is 7.11 Å². The van der Waals surface area contributed by atoms with Gasteiger partial charge >= 0.3 is 0 Å². The molecule has 0 bridgehead atoms. The Morgan fingerprint density at radius 2 is 1.81 bits per heavy atom. The van der Waals surface area contributed by atoms with E-state index in [2.05, 4.69) is 4.98 Å². The van der Waals surface area contributed by atoms with Gasteiger partial charge in [0.25, 0.3) is 0 Å². The first-order chi connectivity index (χ1) is 9.26. The maximum atomic E-state index is 5.69. The summed E-state index contributed by atoms with van der Waals surface area (Å²) in [6, 6.07) is 9.37. The Morgan fingerprint density at radius 3 is 2.48 bits per heavy atom. The predicted molar refractivity (Wildman–Crippen MR) is 89.7 cm³/mol. The molecule has 0 atom stereocenters. The molecule has 21 heavy (non-hydrogen) atoms. The third-order valence-electron chi connectivity index (χ3n) is 2.66. The molecule has 0 radical (unpaired) electrons. The van der Waals surface area contributed by atoms with E-state index in [1.165, 1.54) is 0 Å². The Balaban J connectivity index is 0.00000200. The van der Waals surface area contributed by atoms with E-state index in [0.29, 0.717) is 24.7 Å². The molecule has 2 rings (SSSR count). The topological polar surface area (TPSA) is 83.4 Å². The molecule has 0 aliphatic rings.